The molecule has 1 aromatic carbocycles. The van der Waals surface area contributed by atoms with E-state index in [-0.39, 0.29) is 0 Å². The van der Waals surface area contributed by atoms with E-state index >= 15 is 0 Å². The molecular formula is C19H31BN2O2. The van der Waals surface area contributed by atoms with Gasteiger partial charge in [0.05, 0.1) is 0 Å². The van der Waals surface area contributed by atoms with E-state index in [9.17, 15) is 9.90 Å². The molecule has 0 aromatic heterocycles. The third-order valence-electron chi connectivity index (χ3n) is 5.45. The van der Waals surface area contributed by atoms with Crippen molar-refractivity contribution in [3.8, 4) is 0 Å². The second kappa shape index (κ2) is 8.68. The molecule has 4 nitrogen and oxygen atoms in total. The first kappa shape index (κ1) is 19.0. The zero-order chi connectivity index (χ0) is 17.6. The predicted octanol–water partition coefficient (Wildman–Crippen LogP) is 2.22. The molecule has 1 heterocycles. The maximum atomic E-state index is 11.7. The molecule has 132 valence electrons. The molecule has 1 aliphatic heterocycles. The molecule has 3 N–H and O–H groups in total. The van der Waals surface area contributed by atoms with Gasteiger partial charge in [-0.2, -0.15) is 0 Å². The number of rotatable bonds is 9. The molecule has 1 aliphatic rings. The third kappa shape index (κ3) is 4.61. The highest BCUT2D eigenvalue weighted by atomic mass is 16.4. The lowest BCUT2D eigenvalue weighted by atomic mass is 9.83. The summed E-state index contributed by atoms with van der Waals surface area (Å²) in [5.74, 6) is -0.849. The number of hydrogen-bond acceptors (Lipinski definition) is 3. The minimum absolute atomic E-state index is 0.387. The molecule has 5 heteroatoms. The van der Waals surface area contributed by atoms with Crippen molar-refractivity contribution >= 4 is 13.8 Å². The molecule has 2 unspecified atom stereocenters. The second-order valence-electron chi connectivity index (χ2n) is 7.15. The van der Waals surface area contributed by atoms with Crippen molar-refractivity contribution < 1.29 is 9.90 Å². The molecule has 2 atom stereocenters. The molecule has 0 fully saturated rings. The Morgan fingerprint density at radius 1 is 1.33 bits per heavy atom. The van der Waals surface area contributed by atoms with E-state index in [0.29, 0.717) is 18.9 Å². The van der Waals surface area contributed by atoms with Crippen LogP contribution in [0.15, 0.2) is 24.3 Å². The molecule has 0 saturated carbocycles. The number of hydrogen-bond donors (Lipinski definition) is 2. The molecule has 0 amide bonds. The summed E-state index contributed by atoms with van der Waals surface area (Å²) in [6, 6.07) is 8.97. The zero-order valence-corrected chi connectivity index (χ0v) is 15.1. The van der Waals surface area contributed by atoms with E-state index in [1.807, 2.05) is 0 Å². The highest BCUT2D eigenvalue weighted by molar-refractivity contribution is 6.08. The number of nitrogens with two attached hydrogens (primary N) is 1. The van der Waals surface area contributed by atoms with Gasteiger partial charge in [-0.05, 0) is 43.4 Å². The Kier molecular flexibility index (Phi) is 6.87. The lowest BCUT2D eigenvalue weighted by molar-refractivity contribution is -0.144. The second-order valence-corrected chi connectivity index (χ2v) is 7.15. The molecule has 0 spiro atoms. The maximum Gasteiger partial charge on any atom is 0.323 e. The van der Waals surface area contributed by atoms with Gasteiger partial charge < -0.3 is 10.8 Å². The van der Waals surface area contributed by atoms with Crippen LogP contribution in [0.3, 0.4) is 0 Å². The summed E-state index contributed by atoms with van der Waals surface area (Å²) >= 11 is 0. The van der Waals surface area contributed by atoms with Crippen molar-refractivity contribution in [2.45, 2.75) is 69.9 Å². The molecule has 0 aliphatic carbocycles. The summed E-state index contributed by atoms with van der Waals surface area (Å²) in [5, 5.41) is 9.60. The van der Waals surface area contributed by atoms with Crippen LogP contribution in [0.2, 0.25) is 6.32 Å². The van der Waals surface area contributed by atoms with Crippen LogP contribution in [0.5, 0.6) is 0 Å². The standard InChI is InChI=1S/C19H31BN2O2/c1-2-22-14-16-8-4-3-7-15(16)13-17(22)9-11-19(21,18(23)24)10-5-6-12-20/h3-4,7-8,17H,2,5-6,9-14,20-21H2,1H3,(H,23,24). The van der Waals surface area contributed by atoms with E-state index in [4.69, 9.17) is 5.73 Å². The number of fused-ring (bicyclic) bond motifs is 1. The Hall–Kier alpha value is -1.33. The van der Waals surface area contributed by atoms with E-state index in [0.717, 1.165) is 45.1 Å². The summed E-state index contributed by atoms with van der Waals surface area (Å²) in [7, 11) is 2.12. The van der Waals surface area contributed by atoms with Gasteiger partial charge in [-0.25, -0.2) is 0 Å². The van der Waals surface area contributed by atoms with E-state index < -0.39 is 11.5 Å². The average Bonchev–Trinajstić information content (AvgIpc) is 2.59. The van der Waals surface area contributed by atoms with Gasteiger partial charge in [-0.3, -0.25) is 9.69 Å². The van der Waals surface area contributed by atoms with Crippen LogP contribution < -0.4 is 5.73 Å². The Balaban J connectivity index is 2.01. The Labute approximate surface area is 146 Å². The first-order valence-corrected chi connectivity index (χ1v) is 9.33. The number of aliphatic carboxylic acids is 1. The first-order valence-electron chi connectivity index (χ1n) is 9.33. The number of carboxylic acid groups (broad SMARTS) is 1. The minimum Gasteiger partial charge on any atom is -0.480 e. The van der Waals surface area contributed by atoms with Crippen molar-refractivity contribution in [1.82, 2.24) is 4.90 Å². The number of unbranched alkanes of at least 4 members (excludes halogenated alkanes) is 1. The van der Waals surface area contributed by atoms with Gasteiger partial charge in [0.2, 0.25) is 0 Å². The number of carbonyl (C=O) groups is 1. The summed E-state index contributed by atoms with van der Waals surface area (Å²) in [4.78, 5) is 14.2. The van der Waals surface area contributed by atoms with Crippen LogP contribution in [0.25, 0.3) is 0 Å². The van der Waals surface area contributed by atoms with Gasteiger partial charge in [0, 0.05) is 12.6 Å². The van der Waals surface area contributed by atoms with Crippen molar-refractivity contribution in [3.63, 3.8) is 0 Å². The minimum atomic E-state index is -1.08. The fraction of sp³-hybridized carbons (Fsp3) is 0.632. The third-order valence-corrected chi connectivity index (χ3v) is 5.45. The van der Waals surface area contributed by atoms with Gasteiger partial charge in [0.15, 0.2) is 0 Å². The smallest absolute Gasteiger partial charge is 0.323 e. The lowest BCUT2D eigenvalue weighted by Gasteiger charge is -2.38. The highest BCUT2D eigenvalue weighted by Crippen LogP contribution is 2.28. The molecule has 0 radical (unpaired) electrons. The maximum absolute atomic E-state index is 11.7. The molecule has 1 aromatic rings. The Morgan fingerprint density at radius 2 is 2.04 bits per heavy atom. The monoisotopic (exact) mass is 330 g/mol. The van der Waals surface area contributed by atoms with Gasteiger partial charge in [-0.1, -0.05) is 50.4 Å². The average molecular weight is 330 g/mol. The van der Waals surface area contributed by atoms with Crippen molar-refractivity contribution in [1.29, 1.82) is 0 Å². The topological polar surface area (TPSA) is 66.6 Å². The van der Waals surface area contributed by atoms with Crippen LogP contribution in [0.1, 0.15) is 50.2 Å². The van der Waals surface area contributed by atoms with Gasteiger partial charge in [0.25, 0.3) is 0 Å². The Morgan fingerprint density at radius 3 is 2.67 bits per heavy atom. The quantitative estimate of drug-likeness (QED) is 0.538. The number of benzene rings is 1. The van der Waals surface area contributed by atoms with Gasteiger partial charge in [0.1, 0.15) is 13.4 Å². The molecular weight excluding hydrogens is 299 g/mol. The van der Waals surface area contributed by atoms with Crippen LogP contribution in [0, 0.1) is 0 Å². The summed E-state index contributed by atoms with van der Waals surface area (Å²) < 4.78 is 0. The molecule has 0 bridgehead atoms. The molecule has 2 rings (SSSR count). The van der Waals surface area contributed by atoms with Crippen molar-refractivity contribution in [2.24, 2.45) is 5.73 Å². The fourth-order valence-corrected chi connectivity index (χ4v) is 3.75. The van der Waals surface area contributed by atoms with Crippen molar-refractivity contribution in [3.05, 3.63) is 35.4 Å². The van der Waals surface area contributed by atoms with Crippen LogP contribution >= 0.6 is 0 Å². The predicted molar refractivity (Wildman–Crippen MR) is 101 cm³/mol. The van der Waals surface area contributed by atoms with E-state index in [1.54, 1.807) is 0 Å². The summed E-state index contributed by atoms with van der Waals surface area (Å²) in [5.41, 5.74) is 7.98. The van der Waals surface area contributed by atoms with Crippen LogP contribution in [-0.4, -0.2) is 41.9 Å². The normalized spacial score (nSPS) is 20.3. The highest BCUT2D eigenvalue weighted by Gasteiger charge is 2.35. The van der Waals surface area contributed by atoms with Gasteiger partial charge in [-0.15, -0.1) is 0 Å². The molecule has 24 heavy (non-hydrogen) atoms. The number of likely N-dealkylation sites (N-methyl/N-ethyl adjacent to an activating group) is 1. The SMILES string of the molecule is BCCCCC(N)(CCC1Cc2ccccc2CN1CC)C(=O)O. The number of nitrogens with zero attached hydrogens (tertiary/aromatic N) is 1. The molecule has 0 saturated heterocycles. The van der Waals surface area contributed by atoms with Gasteiger partial charge >= 0.3 is 5.97 Å². The fourth-order valence-electron chi connectivity index (χ4n) is 3.75. The van der Waals surface area contributed by atoms with Crippen LogP contribution in [-0.2, 0) is 17.8 Å². The lowest BCUT2D eigenvalue weighted by Crippen LogP contribution is -2.50. The van der Waals surface area contributed by atoms with E-state index in [2.05, 4.69) is 43.9 Å². The summed E-state index contributed by atoms with van der Waals surface area (Å²) in [6.45, 7) is 4.12. The first-order chi connectivity index (χ1) is 11.5. The Bertz CT molecular complexity index is 552. The van der Waals surface area contributed by atoms with Crippen LogP contribution in [0.4, 0.5) is 0 Å². The number of carboxylic acids is 1. The van der Waals surface area contributed by atoms with E-state index in [1.165, 1.54) is 11.1 Å². The largest absolute Gasteiger partial charge is 0.480 e. The summed E-state index contributed by atoms with van der Waals surface area (Å²) in [6.07, 6.45) is 5.99. The zero-order valence-electron chi connectivity index (χ0n) is 15.1. The van der Waals surface area contributed by atoms with Crippen molar-refractivity contribution in [2.75, 3.05) is 6.54 Å².